The molecule has 1 fully saturated rings. The molecular weight excluding hydrogens is 383 g/mol. The maximum absolute atomic E-state index is 12.4. The van der Waals surface area contributed by atoms with Crippen LogP contribution in [0.15, 0.2) is 29.2 Å². The first kappa shape index (κ1) is 16.4. The van der Waals surface area contributed by atoms with E-state index in [1.807, 2.05) is 24.3 Å². The van der Waals surface area contributed by atoms with E-state index in [0.717, 1.165) is 14.9 Å². The highest BCUT2D eigenvalue weighted by atomic mass is 127. The minimum atomic E-state index is -1.34. The summed E-state index contributed by atoms with van der Waals surface area (Å²) in [5.41, 5.74) is 0. The van der Waals surface area contributed by atoms with Crippen molar-refractivity contribution >= 4 is 33.7 Å². The molecule has 0 bridgehead atoms. The molecule has 0 N–H and O–H groups in total. The van der Waals surface area contributed by atoms with Gasteiger partial charge in [0.2, 0.25) is 0 Å². The van der Waals surface area contributed by atoms with E-state index in [1.54, 1.807) is 0 Å². The summed E-state index contributed by atoms with van der Waals surface area (Å²) in [7, 11) is 0. The molecule has 2 nitrogen and oxygen atoms in total. The molecule has 1 unspecified atom stereocenters. The van der Waals surface area contributed by atoms with Crippen molar-refractivity contribution in [2.75, 3.05) is 0 Å². The Hall–Kier alpha value is 0.0600. The van der Waals surface area contributed by atoms with Crippen molar-refractivity contribution in [3.8, 4) is 0 Å². The molecule has 20 heavy (non-hydrogen) atoms. The fourth-order valence-corrected chi connectivity index (χ4v) is 4.21. The number of rotatable bonds is 4. The van der Waals surface area contributed by atoms with Crippen LogP contribution in [-0.4, -0.2) is 10.3 Å². The lowest BCUT2D eigenvalue weighted by Gasteiger charge is -2.36. The fourth-order valence-electron chi connectivity index (χ4n) is 2.94. The number of halogens is 1. The Morgan fingerprint density at radius 2 is 1.90 bits per heavy atom. The topological polar surface area (TPSA) is 26.3 Å². The molecule has 0 saturated heterocycles. The molecule has 1 aromatic carbocycles. The molecule has 1 saturated carbocycles. The Morgan fingerprint density at radius 1 is 1.25 bits per heavy atom. The molecule has 0 aromatic heterocycles. The Labute approximate surface area is 138 Å². The fraction of sp³-hybridized carbons (Fsp3) is 0.625. The van der Waals surface area contributed by atoms with E-state index in [-0.39, 0.29) is 6.10 Å². The number of hydrogen-bond acceptors (Lipinski definition) is 2. The van der Waals surface area contributed by atoms with Crippen LogP contribution >= 0.6 is 22.6 Å². The normalized spacial score (nSPS) is 28.6. The maximum atomic E-state index is 12.4. The van der Waals surface area contributed by atoms with E-state index in [0.29, 0.717) is 17.8 Å². The molecule has 0 spiro atoms. The van der Waals surface area contributed by atoms with Crippen LogP contribution in [0, 0.1) is 21.3 Å². The van der Waals surface area contributed by atoms with Gasteiger partial charge in [-0.15, -0.1) is 0 Å². The predicted octanol–water partition coefficient (Wildman–Crippen LogP) is 4.79. The molecule has 4 heteroatoms. The predicted molar refractivity (Wildman–Crippen MR) is 91.8 cm³/mol. The Balaban J connectivity index is 2.05. The highest BCUT2D eigenvalue weighted by molar-refractivity contribution is 14.1. The zero-order valence-electron chi connectivity index (χ0n) is 12.3. The largest absolute Gasteiger partial charge is 0.283 e. The summed E-state index contributed by atoms with van der Waals surface area (Å²) in [5.74, 6) is 1.78. The first-order valence-electron chi connectivity index (χ1n) is 7.32. The third kappa shape index (κ3) is 4.28. The molecule has 1 aliphatic rings. The van der Waals surface area contributed by atoms with Gasteiger partial charge in [0.05, 0.1) is 11.0 Å². The van der Waals surface area contributed by atoms with Crippen LogP contribution in [0.1, 0.15) is 40.0 Å². The summed E-state index contributed by atoms with van der Waals surface area (Å²) in [6.07, 6.45) is 3.60. The Kier molecular flexibility index (Phi) is 6.05. The smallest absolute Gasteiger partial charge is 0.189 e. The lowest BCUT2D eigenvalue weighted by molar-refractivity contribution is 0.0567. The quantitative estimate of drug-likeness (QED) is 0.672. The van der Waals surface area contributed by atoms with Gasteiger partial charge in [-0.05, 0) is 77.5 Å². The van der Waals surface area contributed by atoms with Crippen LogP contribution in [0.4, 0.5) is 0 Å². The van der Waals surface area contributed by atoms with Crippen molar-refractivity contribution in [3.05, 3.63) is 27.8 Å². The van der Waals surface area contributed by atoms with E-state index < -0.39 is 11.1 Å². The minimum Gasteiger partial charge on any atom is -0.283 e. The molecule has 0 heterocycles. The van der Waals surface area contributed by atoms with Gasteiger partial charge in [-0.25, -0.2) is 4.21 Å². The van der Waals surface area contributed by atoms with Crippen LogP contribution in [0.25, 0.3) is 0 Å². The van der Waals surface area contributed by atoms with Crippen molar-refractivity contribution in [2.24, 2.45) is 17.8 Å². The summed E-state index contributed by atoms with van der Waals surface area (Å²) >= 11 is 0.905. The summed E-state index contributed by atoms with van der Waals surface area (Å²) in [6.45, 7) is 6.75. The molecular formula is C16H23IO2S. The van der Waals surface area contributed by atoms with Gasteiger partial charge in [-0.1, -0.05) is 27.2 Å². The van der Waals surface area contributed by atoms with Crippen LogP contribution in [0.2, 0.25) is 0 Å². The molecule has 112 valence electrons. The van der Waals surface area contributed by atoms with Gasteiger partial charge in [0.15, 0.2) is 11.1 Å². The van der Waals surface area contributed by atoms with Gasteiger partial charge in [-0.2, -0.15) is 0 Å². The third-order valence-corrected chi connectivity index (χ3v) is 5.98. The highest BCUT2D eigenvalue weighted by Gasteiger charge is 2.33. The molecule has 0 radical (unpaired) electrons. The van der Waals surface area contributed by atoms with Gasteiger partial charge in [0.25, 0.3) is 0 Å². The van der Waals surface area contributed by atoms with Gasteiger partial charge in [0, 0.05) is 3.57 Å². The molecule has 2 rings (SSSR count). The van der Waals surface area contributed by atoms with E-state index in [9.17, 15) is 4.21 Å². The lowest BCUT2D eigenvalue weighted by Crippen LogP contribution is -2.34. The molecule has 0 aliphatic heterocycles. The van der Waals surface area contributed by atoms with Gasteiger partial charge in [-0.3, -0.25) is 4.18 Å². The van der Waals surface area contributed by atoms with Crippen molar-refractivity contribution in [2.45, 2.75) is 51.0 Å². The first-order chi connectivity index (χ1) is 9.47. The van der Waals surface area contributed by atoms with Crippen molar-refractivity contribution in [1.29, 1.82) is 0 Å². The summed E-state index contributed by atoms with van der Waals surface area (Å²) in [6, 6.07) is 7.74. The van der Waals surface area contributed by atoms with E-state index >= 15 is 0 Å². The average Bonchev–Trinajstić information content (AvgIpc) is 2.39. The van der Waals surface area contributed by atoms with Gasteiger partial charge >= 0.3 is 0 Å². The first-order valence-corrected chi connectivity index (χ1v) is 9.47. The molecule has 0 amide bonds. The van der Waals surface area contributed by atoms with Crippen molar-refractivity contribution in [1.82, 2.24) is 0 Å². The van der Waals surface area contributed by atoms with Gasteiger partial charge < -0.3 is 0 Å². The highest BCUT2D eigenvalue weighted by Crippen LogP contribution is 2.36. The SMILES string of the molecule is CC(C)[C@@H]1CC[C@@H](C)C[C@H]1OS(=O)c1ccc(I)cc1. The lowest BCUT2D eigenvalue weighted by atomic mass is 9.75. The number of hydrogen-bond donors (Lipinski definition) is 0. The van der Waals surface area contributed by atoms with Crippen LogP contribution in [0.5, 0.6) is 0 Å². The maximum Gasteiger partial charge on any atom is 0.189 e. The average molecular weight is 406 g/mol. The van der Waals surface area contributed by atoms with Crippen molar-refractivity contribution in [3.63, 3.8) is 0 Å². The monoisotopic (exact) mass is 406 g/mol. The number of benzene rings is 1. The summed E-state index contributed by atoms with van der Waals surface area (Å²) in [5, 5.41) is 0. The Bertz CT molecular complexity index is 458. The zero-order chi connectivity index (χ0) is 14.7. The second-order valence-electron chi connectivity index (χ2n) is 6.15. The Morgan fingerprint density at radius 3 is 2.50 bits per heavy atom. The minimum absolute atomic E-state index is 0.124. The molecule has 1 aromatic rings. The van der Waals surface area contributed by atoms with Crippen molar-refractivity contribution < 1.29 is 8.39 Å². The van der Waals surface area contributed by atoms with E-state index in [1.165, 1.54) is 12.8 Å². The van der Waals surface area contributed by atoms with E-state index in [4.69, 9.17) is 4.18 Å². The summed E-state index contributed by atoms with van der Waals surface area (Å²) in [4.78, 5) is 0.770. The van der Waals surface area contributed by atoms with Crippen LogP contribution in [-0.2, 0) is 15.3 Å². The van der Waals surface area contributed by atoms with Crippen LogP contribution < -0.4 is 0 Å². The van der Waals surface area contributed by atoms with E-state index in [2.05, 4.69) is 43.4 Å². The standard InChI is InChI=1S/C16H23IO2S/c1-11(2)15-9-4-12(3)10-16(15)19-20(18)14-7-5-13(17)6-8-14/h5-8,11-12,15-16H,4,9-10H2,1-3H3/t12-,15+,16-,20?/m1/s1. The second-order valence-corrected chi connectivity index (χ2v) is 8.53. The summed E-state index contributed by atoms with van der Waals surface area (Å²) < 4.78 is 19.5. The third-order valence-electron chi connectivity index (χ3n) is 4.18. The van der Waals surface area contributed by atoms with Gasteiger partial charge in [0.1, 0.15) is 0 Å². The second kappa shape index (κ2) is 7.36. The zero-order valence-corrected chi connectivity index (χ0v) is 15.3. The molecule has 4 atom stereocenters. The van der Waals surface area contributed by atoms with Crippen LogP contribution in [0.3, 0.4) is 0 Å². The molecule has 1 aliphatic carbocycles.